The van der Waals surface area contributed by atoms with Crippen molar-refractivity contribution in [2.75, 3.05) is 51.4 Å². The van der Waals surface area contributed by atoms with Crippen LogP contribution in [0.2, 0.25) is 0 Å². The Hall–Kier alpha value is -1.79. The molecule has 1 aromatic rings. The molecule has 2 heterocycles. The summed E-state index contributed by atoms with van der Waals surface area (Å²) in [6.45, 7) is 8.11. The Morgan fingerprint density at radius 3 is 2.56 bits per heavy atom. The van der Waals surface area contributed by atoms with Gasteiger partial charge >= 0.3 is 0 Å². The molecule has 1 unspecified atom stereocenters. The lowest BCUT2D eigenvalue weighted by atomic mass is 10.0. The zero-order valence-electron chi connectivity index (χ0n) is 15.4. The summed E-state index contributed by atoms with van der Waals surface area (Å²) in [6.07, 6.45) is 2.24. The SMILES string of the molecule is CN=C(NCc1ccc(N2CCOCC2)cc1)NCC1(C)CCCO1. The fourth-order valence-electron chi connectivity index (χ4n) is 3.30. The van der Waals surface area contributed by atoms with E-state index in [1.165, 1.54) is 11.3 Å². The van der Waals surface area contributed by atoms with E-state index in [9.17, 15) is 0 Å². The molecule has 6 heteroatoms. The second-order valence-electron chi connectivity index (χ2n) is 6.95. The molecule has 0 spiro atoms. The average molecular weight is 346 g/mol. The van der Waals surface area contributed by atoms with Crippen LogP contribution in [0.5, 0.6) is 0 Å². The van der Waals surface area contributed by atoms with E-state index in [1.807, 2.05) is 0 Å². The molecule has 0 bridgehead atoms. The lowest BCUT2D eigenvalue weighted by Gasteiger charge is -2.29. The first-order valence-electron chi connectivity index (χ1n) is 9.19. The Kier molecular flexibility index (Phi) is 6.15. The van der Waals surface area contributed by atoms with Crippen LogP contribution >= 0.6 is 0 Å². The van der Waals surface area contributed by atoms with Gasteiger partial charge in [0.25, 0.3) is 0 Å². The Morgan fingerprint density at radius 1 is 1.16 bits per heavy atom. The lowest BCUT2D eigenvalue weighted by molar-refractivity contribution is 0.0243. The zero-order chi connectivity index (χ0) is 17.5. The fraction of sp³-hybridized carbons (Fsp3) is 0.632. The summed E-state index contributed by atoms with van der Waals surface area (Å²) >= 11 is 0. The highest BCUT2D eigenvalue weighted by Crippen LogP contribution is 2.23. The Labute approximate surface area is 150 Å². The van der Waals surface area contributed by atoms with Crippen LogP contribution in [0.4, 0.5) is 5.69 Å². The number of morpholine rings is 1. The first kappa shape index (κ1) is 18.0. The lowest BCUT2D eigenvalue weighted by Crippen LogP contribution is -2.45. The quantitative estimate of drug-likeness (QED) is 0.628. The number of nitrogens with one attached hydrogen (secondary N) is 2. The molecule has 0 radical (unpaired) electrons. The van der Waals surface area contributed by atoms with Crippen molar-refractivity contribution in [1.29, 1.82) is 0 Å². The summed E-state index contributed by atoms with van der Waals surface area (Å²) in [7, 11) is 1.80. The standard InChI is InChI=1S/C19H30N4O2/c1-19(8-3-11-25-19)15-22-18(20-2)21-14-16-4-6-17(7-5-16)23-9-12-24-13-10-23/h4-7H,3,8-15H2,1-2H3,(H2,20,21,22). The number of aliphatic imine (C=N–C) groups is 1. The predicted octanol–water partition coefficient (Wildman–Crippen LogP) is 1.76. The highest BCUT2D eigenvalue weighted by Gasteiger charge is 2.29. The van der Waals surface area contributed by atoms with Gasteiger partial charge in [0.1, 0.15) is 0 Å². The highest BCUT2D eigenvalue weighted by molar-refractivity contribution is 5.79. The smallest absolute Gasteiger partial charge is 0.191 e. The molecule has 2 saturated heterocycles. The molecule has 0 amide bonds. The predicted molar refractivity (Wildman–Crippen MR) is 101 cm³/mol. The largest absolute Gasteiger partial charge is 0.378 e. The number of guanidine groups is 1. The van der Waals surface area contributed by atoms with E-state index in [2.05, 4.69) is 51.7 Å². The van der Waals surface area contributed by atoms with Crippen LogP contribution in [0.3, 0.4) is 0 Å². The second kappa shape index (κ2) is 8.54. The normalized spacial score (nSPS) is 24.4. The third-order valence-electron chi connectivity index (χ3n) is 4.93. The van der Waals surface area contributed by atoms with Crippen molar-refractivity contribution < 1.29 is 9.47 Å². The van der Waals surface area contributed by atoms with Crippen LogP contribution in [-0.4, -0.2) is 58.1 Å². The van der Waals surface area contributed by atoms with Crippen molar-refractivity contribution in [2.24, 2.45) is 4.99 Å². The first-order chi connectivity index (χ1) is 12.2. The van der Waals surface area contributed by atoms with Gasteiger partial charge < -0.3 is 25.0 Å². The molecule has 2 aliphatic rings. The third kappa shape index (κ3) is 5.09. The van der Waals surface area contributed by atoms with Crippen molar-refractivity contribution in [2.45, 2.75) is 31.9 Å². The van der Waals surface area contributed by atoms with Gasteiger partial charge in [0, 0.05) is 45.5 Å². The van der Waals surface area contributed by atoms with Gasteiger partial charge in [-0.1, -0.05) is 12.1 Å². The fourth-order valence-corrected chi connectivity index (χ4v) is 3.30. The molecular formula is C19H30N4O2. The molecule has 138 valence electrons. The van der Waals surface area contributed by atoms with Gasteiger partial charge in [-0.3, -0.25) is 4.99 Å². The summed E-state index contributed by atoms with van der Waals surface area (Å²) < 4.78 is 11.2. The number of hydrogen-bond donors (Lipinski definition) is 2. The minimum atomic E-state index is -0.0720. The molecule has 0 aliphatic carbocycles. The van der Waals surface area contributed by atoms with E-state index >= 15 is 0 Å². The molecule has 6 nitrogen and oxygen atoms in total. The maximum absolute atomic E-state index is 5.81. The Balaban J connectivity index is 1.46. The van der Waals surface area contributed by atoms with Crippen LogP contribution in [0.15, 0.2) is 29.3 Å². The van der Waals surface area contributed by atoms with E-state index in [0.717, 1.165) is 64.8 Å². The van der Waals surface area contributed by atoms with E-state index in [4.69, 9.17) is 9.47 Å². The van der Waals surface area contributed by atoms with Crippen molar-refractivity contribution in [3.8, 4) is 0 Å². The maximum Gasteiger partial charge on any atom is 0.191 e. The summed E-state index contributed by atoms with van der Waals surface area (Å²) in [4.78, 5) is 6.67. The second-order valence-corrected chi connectivity index (χ2v) is 6.95. The number of ether oxygens (including phenoxy) is 2. The summed E-state index contributed by atoms with van der Waals surface area (Å²) in [5.41, 5.74) is 2.43. The molecule has 2 aliphatic heterocycles. The third-order valence-corrected chi connectivity index (χ3v) is 4.93. The number of rotatable bonds is 5. The van der Waals surface area contributed by atoms with Gasteiger partial charge in [-0.05, 0) is 37.5 Å². The van der Waals surface area contributed by atoms with Crippen molar-refractivity contribution in [3.63, 3.8) is 0 Å². The molecule has 0 saturated carbocycles. The van der Waals surface area contributed by atoms with Crippen molar-refractivity contribution in [1.82, 2.24) is 10.6 Å². The van der Waals surface area contributed by atoms with Crippen LogP contribution in [-0.2, 0) is 16.0 Å². The molecule has 1 aromatic carbocycles. The molecule has 3 rings (SSSR count). The zero-order valence-corrected chi connectivity index (χ0v) is 15.4. The van der Waals surface area contributed by atoms with Crippen LogP contribution < -0.4 is 15.5 Å². The first-order valence-corrected chi connectivity index (χ1v) is 9.19. The van der Waals surface area contributed by atoms with Gasteiger partial charge in [-0.2, -0.15) is 0 Å². The summed E-state index contributed by atoms with van der Waals surface area (Å²) in [5.74, 6) is 0.814. The average Bonchev–Trinajstić information content (AvgIpc) is 3.10. The monoisotopic (exact) mass is 346 g/mol. The number of benzene rings is 1. The number of nitrogens with zero attached hydrogens (tertiary/aromatic N) is 2. The van der Waals surface area contributed by atoms with E-state index in [0.29, 0.717) is 0 Å². The topological polar surface area (TPSA) is 58.1 Å². The van der Waals surface area contributed by atoms with Gasteiger partial charge in [-0.15, -0.1) is 0 Å². The van der Waals surface area contributed by atoms with Crippen LogP contribution in [0, 0.1) is 0 Å². The molecule has 1 atom stereocenters. The van der Waals surface area contributed by atoms with E-state index in [-0.39, 0.29) is 5.60 Å². The van der Waals surface area contributed by atoms with E-state index in [1.54, 1.807) is 7.05 Å². The summed E-state index contributed by atoms with van der Waals surface area (Å²) in [6, 6.07) is 8.72. The maximum atomic E-state index is 5.81. The molecule has 2 fully saturated rings. The van der Waals surface area contributed by atoms with Crippen molar-refractivity contribution in [3.05, 3.63) is 29.8 Å². The van der Waals surface area contributed by atoms with Gasteiger partial charge in [0.05, 0.1) is 18.8 Å². The van der Waals surface area contributed by atoms with Gasteiger partial charge in [0.2, 0.25) is 0 Å². The van der Waals surface area contributed by atoms with Crippen molar-refractivity contribution >= 4 is 11.6 Å². The molecule has 25 heavy (non-hydrogen) atoms. The summed E-state index contributed by atoms with van der Waals surface area (Å²) in [5, 5.41) is 6.75. The van der Waals surface area contributed by atoms with Crippen LogP contribution in [0.1, 0.15) is 25.3 Å². The minimum Gasteiger partial charge on any atom is -0.378 e. The minimum absolute atomic E-state index is 0.0720. The number of hydrogen-bond acceptors (Lipinski definition) is 4. The highest BCUT2D eigenvalue weighted by atomic mass is 16.5. The van der Waals surface area contributed by atoms with E-state index < -0.39 is 0 Å². The van der Waals surface area contributed by atoms with Gasteiger partial charge in [0.15, 0.2) is 5.96 Å². The molecular weight excluding hydrogens is 316 g/mol. The number of anilines is 1. The van der Waals surface area contributed by atoms with Gasteiger partial charge in [-0.25, -0.2) is 0 Å². The van der Waals surface area contributed by atoms with Crippen LogP contribution in [0.25, 0.3) is 0 Å². The molecule has 0 aromatic heterocycles. The Morgan fingerprint density at radius 2 is 1.92 bits per heavy atom. The Bertz CT molecular complexity index is 561. The molecule has 2 N–H and O–H groups in total.